The maximum absolute atomic E-state index is 5.51. The van der Waals surface area contributed by atoms with Crippen LogP contribution in [0.2, 0.25) is 0 Å². The van der Waals surface area contributed by atoms with Crippen molar-refractivity contribution >= 4 is 5.71 Å². The molecule has 1 aliphatic rings. The largest absolute Gasteiger partial charge is 0.392 e. The van der Waals surface area contributed by atoms with E-state index in [1.54, 1.807) is 0 Å². The van der Waals surface area contributed by atoms with E-state index in [4.69, 9.17) is 4.84 Å². The van der Waals surface area contributed by atoms with Gasteiger partial charge in [0.1, 0.15) is 6.10 Å². The van der Waals surface area contributed by atoms with E-state index in [1.165, 1.54) is 11.1 Å². The van der Waals surface area contributed by atoms with Crippen LogP contribution < -0.4 is 0 Å². The summed E-state index contributed by atoms with van der Waals surface area (Å²) in [6, 6.07) is 8.79. The molecule has 0 saturated heterocycles. The molecule has 1 unspecified atom stereocenters. The summed E-state index contributed by atoms with van der Waals surface area (Å²) < 4.78 is 0. The van der Waals surface area contributed by atoms with Crippen LogP contribution in [0.15, 0.2) is 29.4 Å². The Morgan fingerprint density at radius 3 is 2.37 bits per heavy atom. The van der Waals surface area contributed by atoms with E-state index < -0.39 is 0 Å². The van der Waals surface area contributed by atoms with Crippen LogP contribution in [0.4, 0.5) is 0 Å². The molecule has 0 N–H and O–H groups in total. The standard InChI is InChI=1S/C17H25NO/c1-12(2)9-14-5-7-15(8-6-14)17-11-16(19-18-17)10-13(3)4/h5-8,12-13,16H,9-11H2,1-4H3. The third-order valence-electron chi connectivity index (χ3n) is 3.40. The molecule has 0 bridgehead atoms. The molecule has 19 heavy (non-hydrogen) atoms. The lowest BCUT2D eigenvalue weighted by Gasteiger charge is -2.10. The van der Waals surface area contributed by atoms with Crippen LogP contribution in [0.25, 0.3) is 0 Å². The van der Waals surface area contributed by atoms with Crippen LogP contribution >= 0.6 is 0 Å². The molecule has 0 aliphatic carbocycles. The van der Waals surface area contributed by atoms with Gasteiger partial charge in [-0.25, -0.2) is 0 Å². The Morgan fingerprint density at radius 1 is 1.11 bits per heavy atom. The van der Waals surface area contributed by atoms with Gasteiger partial charge in [0.2, 0.25) is 0 Å². The van der Waals surface area contributed by atoms with E-state index >= 15 is 0 Å². The maximum Gasteiger partial charge on any atom is 0.133 e. The van der Waals surface area contributed by atoms with E-state index in [0.29, 0.717) is 11.8 Å². The fraction of sp³-hybridized carbons (Fsp3) is 0.588. The van der Waals surface area contributed by atoms with Crippen molar-refractivity contribution in [2.75, 3.05) is 0 Å². The highest BCUT2D eigenvalue weighted by molar-refractivity contribution is 6.01. The zero-order valence-corrected chi connectivity index (χ0v) is 12.5. The SMILES string of the molecule is CC(C)Cc1ccc(C2=NOC(CC(C)C)C2)cc1. The first kappa shape index (κ1) is 14.1. The average molecular weight is 259 g/mol. The lowest BCUT2D eigenvalue weighted by atomic mass is 9.97. The Balaban J connectivity index is 1.96. The summed E-state index contributed by atoms with van der Waals surface area (Å²) in [6.45, 7) is 8.95. The molecule has 1 aromatic rings. The highest BCUT2D eigenvalue weighted by Gasteiger charge is 2.22. The second-order valence-corrected chi connectivity index (χ2v) is 6.39. The molecule has 0 saturated carbocycles. The molecule has 2 heteroatoms. The molecule has 0 aromatic heterocycles. The first-order valence-corrected chi connectivity index (χ1v) is 7.36. The van der Waals surface area contributed by atoms with E-state index in [-0.39, 0.29) is 6.10 Å². The quantitative estimate of drug-likeness (QED) is 0.767. The molecule has 0 fully saturated rings. The second kappa shape index (κ2) is 6.23. The van der Waals surface area contributed by atoms with Gasteiger partial charge < -0.3 is 4.84 Å². The molecule has 1 aromatic carbocycles. The second-order valence-electron chi connectivity index (χ2n) is 6.39. The van der Waals surface area contributed by atoms with Crippen molar-refractivity contribution in [2.24, 2.45) is 17.0 Å². The fourth-order valence-electron chi connectivity index (χ4n) is 2.56. The lowest BCUT2D eigenvalue weighted by molar-refractivity contribution is 0.0698. The van der Waals surface area contributed by atoms with Gasteiger partial charge in [-0.1, -0.05) is 57.1 Å². The Morgan fingerprint density at radius 2 is 1.79 bits per heavy atom. The first-order valence-electron chi connectivity index (χ1n) is 7.36. The minimum atomic E-state index is 0.269. The van der Waals surface area contributed by atoms with Crippen molar-refractivity contribution in [3.8, 4) is 0 Å². The molecule has 0 radical (unpaired) electrons. The Labute approximate surface area is 116 Å². The zero-order valence-electron chi connectivity index (χ0n) is 12.5. The van der Waals surface area contributed by atoms with Gasteiger partial charge in [0.15, 0.2) is 0 Å². The average Bonchev–Trinajstić information content (AvgIpc) is 2.76. The van der Waals surface area contributed by atoms with Gasteiger partial charge in [-0.05, 0) is 35.8 Å². The van der Waals surface area contributed by atoms with Crippen LogP contribution in [-0.4, -0.2) is 11.8 Å². The smallest absolute Gasteiger partial charge is 0.133 e. The molecule has 1 aliphatic heterocycles. The topological polar surface area (TPSA) is 21.6 Å². The van der Waals surface area contributed by atoms with Gasteiger partial charge in [0, 0.05) is 6.42 Å². The van der Waals surface area contributed by atoms with Crippen LogP contribution in [0.5, 0.6) is 0 Å². The van der Waals surface area contributed by atoms with Gasteiger partial charge in [0.05, 0.1) is 5.71 Å². The van der Waals surface area contributed by atoms with Crippen LogP contribution in [0.3, 0.4) is 0 Å². The number of nitrogens with zero attached hydrogens (tertiary/aromatic N) is 1. The molecule has 0 amide bonds. The van der Waals surface area contributed by atoms with E-state index in [2.05, 4.69) is 57.1 Å². The van der Waals surface area contributed by atoms with Crippen LogP contribution in [-0.2, 0) is 11.3 Å². The summed E-state index contributed by atoms with van der Waals surface area (Å²) in [5.41, 5.74) is 3.71. The predicted octanol–water partition coefficient (Wildman–Crippen LogP) is 4.42. The normalized spacial score (nSPS) is 18.8. The molecular formula is C17H25NO. The summed E-state index contributed by atoms with van der Waals surface area (Å²) in [7, 11) is 0. The Bertz CT molecular complexity index is 431. The number of hydrogen-bond acceptors (Lipinski definition) is 2. The molecular weight excluding hydrogens is 234 g/mol. The lowest BCUT2D eigenvalue weighted by Crippen LogP contribution is -2.11. The highest BCUT2D eigenvalue weighted by Crippen LogP contribution is 2.22. The number of oxime groups is 1. The summed E-state index contributed by atoms with van der Waals surface area (Å²) in [5.74, 6) is 1.36. The maximum atomic E-state index is 5.51. The minimum Gasteiger partial charge on any atom is -0.392 e. The molecule has 104 valence electrons. The number of rotatable bonds is 5. The van der Waals surface area contributed by atoms with Crippen molar-refractivity contribution < 1.29 is 4.84 Å². The Hall–Kier alpha value is -1.31. The zero-order chi connectivity index (χ0) is 13.8. The van der Waals surface area contributed by atoms with Gasteiger partial charge in [-0.2, -0.15) is 0 Å². The highest BCUT2D eigenvalue weighted by atomic mass is 16.6. The monoisotopic (exact) mass is 259 g/mol. The number of hydrogen-bond donors (Lipinski definition) is 0. The summed E-state index contributed by atoms with van der Waals surface area (Å²) >= 11 is 0. The van der Waals surface area contributed by atoms with Gasteiger partial charge >= 0.3 is 0 Å². The van der Waals surface area contributed by atoms with Gasteiger partial charge in [-0.15, -0.1) is 0 Å². The van der Waals surface area contributed by atoms with E-state index in [9.17, 15) is 0 Å². The van der Waals surface area contributed by atoms with Gasteiger partial charge in [0.25, 0.3) is 0 Å². The van der Waals surface area contributed by atoms with Crippen LogP contribution in [0.1, 0.15) is 51.7 Å². The van der Waals surface area contributed by atoms with Crippen molar-refractivity contribution in [1.29, 1.82) is 0 Å². The molecule has 1 atom stereocenters. The Kier molecular flexibility index (Phi) is 4.62. The van der Waals surface area contributed by atoms with Crippen molar-refractivity contribution in [3.63, 3.8) is 0 Å². The van der Waals surface area contributed by atoms with Crippen molar-refractivity contribution in [2.45, 2.75) is 53.1 Å². The van der Waals surface area contributed by atoms with Crippen molar-refractivity contribution in [1.82, 2.24) is 0 Å². The molecule has 0 spiro atoms. The fourth-order valence-corrected chi connectivity index (χ4v) is 2.56. The number of benzene rings is 1. The third kappa shape index (κ3) is 4.09. The molecule has 2 nitrogen and oxygen atoms in total. The summed E-state index contributed by atoms with van der Waals surface area (Å²) in [5, 5.41) is 4.25. The minimum absolute atomic E-state index is 0.269. The summed E-state index contributed by atoms with van der Waals surface area (Å²) in [4.78, 5) is 5.51. The van der Waals surface area contributed by atoms with Crippen molar-refractivity contribution in [3.05, 3.63) is 35.4 Å². The van der Waals surface area contributed by atoms with Gasteiger partial charge in [-0.3, -0.25) is 0 Å². The van der Waals surface area contributed by atoms with Crippen LogP contribution in [0, 0.1) is 11.8 Å². The van der Waals surface area contributed by atoms with E-state index in [0.717, 1.165) is 25.0 Å². The summed E-state index contributed by atoms with van der Waals surface area (Å²) in [6.07, 6.45) is 3.43. The first-order chi connectivity index (χ1) is 9.04. The van der Waals surface area contributed by atoms with E-state index in [1.807, 2.05) is 0 Å². The molecule has 1 heterocycles. The third-order valence-corrected chi connectivity index (χ3v) is 3.40. The predicted molar refractivity (Wildman–Crippen MR) is 80.5 cm³/mol. The molecule has 2 rings (SSSR count).